The first kappa shape index (κ1) is 14.3. The summed E-state index contributed by atoms with van der Waals surface area (Å²) in [5.74, 6) is -0.248. The van der Waals surface area contributed by atoms with E-state index in [1.54, 1.807) is 0 Å². The molecule has 5 nitrogen and oxygen atoms in total. The van der Waals surface area contributed by atoms with Gasteiger partial charge in [0.05, 0.1) is 0 Å². The average Bonchev–Trinajstić information content (AvgIpc) is 3.06. The summed E-state index contributed by atoms with van der Waals surface area (Å²) in [7, 11) is 4.10. The monoisotopic (exact) mass is 289 g/mol. The van der Waals surface area contributed by atoms with Gasteiger partial charge < -0.3 is 14.9 Å². The fourth-order valence-electron chi connectivity index (χ4n) is 3.52. The zero-order valence-electron chi connectivity index (χ0n) is 12.8. The molecular formula is C16H23N3O2. The average molecular weight is 289 g/mol. The number of aromatic carboxylic acids is 1. The minimum atomic E-state index is -0.876. The van der Waals surface area contributed by atoms with Gasteiger partial charge in [0.25, 0.3) is 0 Å². The molecule has 1 aliphatic heterocycles. The predicted octanol–water partition coefficient (Wildman–Crippen LogP) is 1.80. The molecule has 1 saturated heterocycles. The fourth-order valence-corrected chi connectivity index (χ4v) is 3.52. The van der Waals surface area contributed by atoms with Crippen LogP contribution in [0.3, 0.4) is 0 Å². The summed E-state index contributed by atoms with van der Waals surface area (Å²) in [6, 6.07) is 2.33. The Morgan fingerprint density at radius 3 is 2.95 bits per heavy atom. The van der Waals surface area contributed by atoms with Crippen LogP contribution >= 0.6 is 0 Å². The van der Waals surface area contributed by atoms with Crippen molar-refractivity contribution in [2.24, 2.45) is 0 Å². The van der Waals surface area contributed by atoms with Gasteiger partial charge >= 0.3 is 5.97 Å². The van der Waals surface area contributed by atoms with Crippen molar-refractivity contribution in [1.82, 2.24) is 9.88 Å². The Morgan fingerprint density at radius 1 is 1.48 bits per heavy atom. The van der Waals surface area contributed by atoms with Crippen LogP contribution in [-0.4, -0.2) is 54.2 Å². The maximum Gasteiger partial charge on any atom is 0.339 e. The third-order valence-corrected chi connectivity index (χ3v) is 4.78. The second-order valence-corrected chi connectivity index (χ2v) is 6.28. The number of pyridine rings is 1. The maximum atomic E-state index is 11.6. The molecule has 114 valence electrons. The zero-order chi connectivity index (χ0) is 15.0. The summed E-state index contributed by atoms with van der Waals surface area (Å²) < 4.78 is 0. The van der Waals surface area contributed by atoms with Crippen molar-refractivity contribution in [2.45, 2.75) is 38.1 Å². The van der Waals surface area contributed by atoms with E-state index in [2.05, 4.69) is 16.9 Å². The van der Waals surface area contributed by atoms with E-state index in [4.69, 9.17) is 0 Å². The standard InChI is InChI=1S/C16H23N3O2/c1-18-8-4-6-12(18)10-19(2)15-13(16(20)21)9-11-5-3-7-14(11)17-15/h9,12H,3-8,10H2,1-2H3,(H,20,21). The van der Waals surface area contributed by atoms with E-state index in [1.165, 1.54) is 12.8 Å². The molecule has 0 spiro atoms. The molecular weight excluding hydrogens is 266 g/mol. The summed E-state index contributed by atoms with van der Waals surface area (Å²) in [4.78, 5) is 20.6. The Morgan fingerprint density at radius 2 is 2.29 bits per heavy atom. The Bertz CT molecular complexity index is 559. The minimum Gasteiger partial charge on any atom is -0.478 e. The normalized spacial score (nSPS) is 21.5. The van der Waals surface area contributed by atoms with Crippen LogP contribution in [0.1, 0.15) is 40.9 Å². The molecule has 1 N–H and O–H groups in total. The van der Waals surface area contributed by atoms with E-state index >= 15 is 0 Å². The van der Waals surface area contributed by atoms with Crippen LogP contribution in [0.2, 0.25) is 0 Å². The summed E-state index contributed by atoms with van der Waals surface area (Å²) in [6.07, 6.45) is 5.41. The lowest BCUT2D eigenvalue weighted by Gasteiger charge is -2.27. The van der Waals surface area contributed by atoms with E-state index in [9.17, 15) is 9.90 Å². The van der Waals surface area contributed by atoms with Gasteiger partial charge in [-0.25, -0.2) is 9.78 Å². The highest BCUT2D eigenvalue weighted by molar-refractivity contribution is 5.93. The number of aromatic nitrogens is 1. The molecule has 2 heterocycles. The first-order chi connectivity index (χ1) is 10.1. The van der Waals surface area contributed by atoms with Gasteiger partial charge in [0, 0.05) is 25.3 Å². The maximum absolute atomic E-state index is 11.6. The molecule has 5 heteroatoms. The Hall–Kier alpha value is -1.62. The van der Waals surface area contributed by atoms with E-state index < -0.39 is 5.97 Å². The van der Waals surface area contributed by atoms with Gasteiger partial charge in [-0.05, 0) is 57.3 Å². The van der Waals surface area contributed by atoms with Crippen LogP contribution < -0.4 is 4.90 Å². The van der Waals surface area contributed by atoms with Crippen molar-refractivity contribution in [1.29, 1.82) is 0 Å². The number of carboxylic acid groups (broad SMARTS) is 1. The number of carbonyl (C=O) groups is 1. The van der Waals surface area contributed by atoms with Crippen LogP contribution in [0.5, 0.6) is 0 Å². The third-order valence-electron chi connectivity index (χ3n) is 4.78. The Kier molecular flexibility index (Phi) is 3.85. The highest BCUT2D eigenvalue weighted by Gasteiger charge is 2.26. The third kappa shape index (κ3) is 2.75. The fraction of sp³-hybridized carbons (Fsp3) is 0.625. The van der Waals surface area contributed by atoms with Crippen LogP contribution in [0.15, 0.2) is 6.07 Å². The molecule has 2 aliphatic rings. The number of nitrogens with zero attached hydrogens (tertiary/aromatic N) is 3. The van der Waals surface area contributed by atoms with Crippen molar-refractivity contribution in [3.8, 4) is 0 Å². The summed E-state index contributed by atoms with van der Waals surface area (Å²) in [6.45, 7) is 1.96. The van der Waals surface area contributed by atoms with Crippen molar-refractivity contribution < 1.29 is 9.90 Å². The summed E-state index contributed by atoms with van der Waals surface area (Å²) in [5.41, 5.74) is 2.54. The van der Waals surface area contributed by atoms with Crippen LogP contribution in [0.4, 0.5) is 5.82 Å². The van der Waals surface area contributed by atoms with Crippen LogP contribution in [0.25, 0.3) is 0 Å². The molecule has 3 rings (SSSR count). The molecule has 1 aliphatic carbocycles. The van der Waals surface area contributed by atoms with Crippen molar-refractivity contribution in [3.63, 3.8) is 0 Å². The highest BCUT2D eigenvalue weighted by Crippen LogP contribution is 2.28. The van der Waals surface area contributed by atoms with E-state index in [0.717, 1.165) is 43.6 Å². The number of carboxylic acids is 1. The predicted molar refractivity (Wildman–Crippen MR) is 82.1 cm³/mol. The van der Waals surface area contributed by atoms with Gasteiger partial charge in [0.1, 0.15) is 11.4 Å². The SMILES string of the molecule is CN(CC1CCCN1C)c1nc2c(cc1C(=O)O)CCC2. The lowest BCUT2D eigenvalue weighted by Crippen LogP contribution is -2.37. The summed E-state index contributed by atoms with van der Waals surface area (Å²) in [5, 5.41) is 9.48. The van der Waals surface area contributed by atoms with Crippen molar-refractivity contribution >= 4 is 11.8 Å². The van der Waals surface area contributed by atoms with E-state index in [0.29, 0.717) is 17.4 Å². The molecule has 0 bridgehead atoms. The molecule has 1 fully saturated rings. The van der Waals surface area contributed by atoms with Crippen LogP contribution in [-0.2, 0) is 12.8 Å². The zero-order valence-corrected chi connectivity index (χ0v) is 12.8. The van der Waals surface area contributed by atoms with Gasteiger partial charge in [-0.15, -0.1) is 0 Å². The van der Waals surface area contributed by atoms with E-state index in [1.807, 2.05) is 18.0 Å². The second kappa shape index (κ2) is 5.64. The van der Waals surface area contributed by atoms with Gasteiger partial charge in [0.15, 0.2) is 0 Å². The molecule has 1 atom stereocenters. The number of likely N-dealkylation sites (N-methyl/N-ethyl adjacent to an activating group) is 2. The lowest BCUT2D eigenvalue weighted by atomic mass is 10.1. The lowest BCUT2D eigenvalue weighted by molar-refractivity contribution is 0.0697. The molecule has 0 saturated carbocycles. The number of rotatable bonds is 4. The molecule has 1 aromatic rings. The molecule has 1 unspecified atom stereocenters. The van der Waals surface area contributed by atoms with Gasteiger partial charge in [-0.1, -0.05) is 0 Å². The largest absolute Gasteiger partial charge is 0.478 e. The van der Waals surface area contributed by atoms with Gasteiger partial charge in [0.2, 0.25) is 0 Å². The number of likely N-dealkylation sites (tertiary alicyclic amines) is 1. The van der Waals surface area contributed by atoms with E-state index in [-0.39, 0.29) is 0 Å². The number of fused-ring (bicyclic) bond motifs is 1. The number of hydrogen-bond donors (Lipinski definition) is 1. The minimum absolute atomic E-state index is 0.346. The molecule has 0 radical (unpaired) electrons. The number of anilines is 1. The Labute approximate surface area is 125 Å². The molecule has 0 amide bonds. The van der Waals surface area contributed by atoms with Crippen LogP contribution in [0, 0.1) is 0 Å². The second-order valence-electron chi connectivity index (χ2n) is 6.28. The first-order valence-electron chi connectivity index (χ1n) is 7.73. The van der Waals surface area contributed by atoms with Crippen molar-refractivity contribution in [3.05, 3.63) is 22.9 Å². The Balaban J connectivity index is 1.87. The molecule has 21 heavy (non-hydrogen) atoms. The van der Waals surface area contributed by atoms with Gasteiger partial charge in [-0.2, -0.15) is 0 Å². The number of hydrogen-bond acceptors (Lipinski definition) is 4. The smallest absolute Gasteiger partial charge is 0.339 e. The highest BCUT2D eigenvalue weighted by atomic mass is 16.4. The quantitative estimate of drug-likeness (QED) is 0.916. The van der Waals surface area contributed by atoms with Gasteiger partial charge in [-0.3, -0.25) is 0 Å². The molecule has 1 aromatic heterocycles. The summed E-state index contributed by atoms with van der Waals surface area (Å²) >= 11 is 0. The number of aryl methyl sites for hydroxylation is 2. The topological polar surface area (TPSA) is 56.7 Å². The molecule has 0 aromatic carbocycles. The first-order valence-corrected chi connectivity index (χ1v) is 7.73. The van der Waals surface area contributed by atoms with Crippen molar-refractivity contribution in [2.75, 3.05) is 32.1 Å².